The molecule has 0 aromatic carbocycles. The second kappa shape index (κ2) is 6.59. The van der Waals surface area contributed by atoms with Gasteiger partial charge in [0.1, 0.15) is 0 Å². The first-order chi connectivity index (χ1) is 10.7. The van der Waals surface area contributed by atoms with E-state index in [1.165, 1.54) is 29.0 Å². The summed E-state index contributed by atoms with van der Waals surface area (Å²) in [7, 11) is 1.85. The fourth-order valence-electron chi connectivity index (χ4n) is 3.75. The number of ether oxygens (including phenoxy) is 1. The highest BCUT2D eigenvalue weighted by molar-refractivity contribution is 7.11. The molecule has 1 heterocycles. The Hall–Kier alpha value is -1.07. The first-order valence-electron chi connectivity index (χ1n) is 8.32. The van der Waals surface area contributed by atoms with Crippen molar-refractivity contribution in [3.8, 4) is 0 Å². The Morgan fingerprint density at radius 1 is 1.45 bits per heavy atom. The molecule has 5 heteroatoms. The van der Waals surface area contributed by atoms with Crippen molar-refractivity contribution < 1.29 is 4.74 Å². The summed E-state index contributed by atoms with van der Waals surface area (Å²) in [4.78, 5) is 7.09. The number of thiophene rings is 1. The first-order valence-corrected chi connectivity index (χ1v) is 9.13. The summed E-state index contributed by atoms with van der Waals surface area (Å²) >= 11 is 1.84. The molecule has 3 rings (SSSR count). The van der Waals surface area contributed by atoms with E-state index in [1.54, 1.807) is 0 Å². The van der Waals surface area contributed by atoms with Crippen LogP contribution in [0.3, 0.4) is 0 Å². The zero-order valence-corrected chi connectivity index (χ0v) is 14.6. The number of guanidine groups is 1. The van der Waals surface area contributed by atoms with E-state index in [0.717, 1.165) is 25.5 Å². The van der Waals surface area contributed by atoms with Crippen molar-refractivity contribution in [3.05, 3.63) is 21.9 Å². The smallest absolute Gasteiger partial charge is 0.191 e. The second-order valence-electron chi connectivity index (χ2n) is 6.40. The maximum absolute atomic E-state index is 5.91. The standard InChI is InChI=1S/C17H27N3OS/c1-4-21-15-10-14(17(15)8-5-9-17)20-16(18-3)19-11-13-7-6-12(2)22-13/h6-7,14-15H,4-5,8-11H2,1-3H3,(H2,18,19,20). The molecule has 1 aromatic rings. The molecule has 0 bridgehead atoms. The number of nitrogens with zero attached hydrogens (tertiary/aromatic N) is 1. The van der Waals surface area contributed by atoms with Crippen LogP contribution in [0.25, 0.3) is 0 Å². The lowest BCUT2D eigenvalue weighted by Crippen LogP contribution is -2.68. The molecule has 0 radical (unpaired) electrons. The van der Waals surface area contributed by atoms with E-state index in [1.807, 2.05) is 18.4 Å². The molecule has 122 valence electrons. The molecule has 2 aliphatic carbocycles. The number of nitrogens with one attached hydrogen (secondary N) is 2. The summed E-state index contributed by atoms with van der Waals surface area (Å²) in [5.74, 6) is 0.914. The summed E-state index contributed by atoms with van der Waals surface area (Å²) in [5, 5.41) is 7.06. The third kappa shape index (κ3) is 2.88. The molecular weight excluding hydrogens is 294 g/mol. The molecule has 1 aromatic heterocycles. The molecule has 0 saturated heterocycles. The van der Waals surface area contributed by atoms with Gasteiger partial charge >= 0.3 is 0 Å². The average Bonchev–Trinajstić information content (AvgIpc) is 2.85. The highest BCUT2D eigenvalue weighted by atomic mass is 32.1. The molecule has 4 nitrogen and oxygen atoms in total. The maximum atomic E-state index is 5.91. The van der Waals surface area contributed by atoms with E-state index in [0.29, 0.717) is 17.6 Å². The maximum Gasteiger partial charge on any atom is 0.191 e. The molecule has 2 saturated carbocycles. The van der Waals surface area contributed by atoms with Crippen LogP contribution >= 0.6 is 11.3 Å². The molecule has 0 aliphatic heterocycles. The number of hydrogen-bond donors (Lipinski definition) is 2. The Bertz CT molecular complexity index is 536. The minimum Gasteiger partial charge on any atom is -0.378 e. The van der Waals surface area contributed by atoms with Gasteiger partial charge in [-0.05, 0) is 45.2 Å². The Morgan fingerprint density at radius 3 is 2.82 bits per heavy atom. The van der Waals surface area contributed by atoms with Gasteiger partial charge in [0.15, 0.2) is 5.96 Å². The van der Waals surface area contributed by atoms with Crippen LogP contribution in [0.4, 0.5) is 0 Å². The van der Waals surface area contributed by atoms with E-state index in [9.17, 15) is 0 Å². The van der Waals surface area contributed by atoms with E-state index in [2.05, 4.69) is 41.6 Å². The van der Waals surface area contributed by atoms with Crippen molar-refractivity contribution in [2.45, 2.75) is 58.2 Å². The highest BCUT2D eigenvalue weighted by Gasteiger charge is 2.59. The largest absolute Gasteiger partial charge is 0.378 e. The zero-order chi connectivity index (χ0) is 15.6. The SMILES string of the molecule is CCOC1CC(NC(=NC)NCc2ccc(C)s2)C12CCC2. The van der Waals surface area contributed by atoms with Gasteiger partial charge in [-0.3, -0.25) is 4.99 Å². The molecule has 2 atom stereocenters. The van der Waals surface area contributed by atoms with E-state index >= 15 is 0 Å². The van der Waals surface area contributed by atoms with Gasteiger partial charge in [-0.2, -0.15) is 0 Å². The Labute approximate surface area is 137 Å². The summed E-state index contributed by atoms with van der Waals surface area (Å²) < 4.78 is 5.91. The second-order valence-corrected chi connectivity index (χ2v) is 7.77. The lowest BCUT2D eigenvalue weighted by atomic mass is 9.51. The molecule has 0 amide bonds. The molecule has 2 unspecified atom stereocenters. The Morgan fingerprint density at radius 2 is 2.27 bits per heavy atom. The minimum absolute atomic E-state index is 0.368. The summed E-state index contributed by atoms with van der Waals surface area (Å²) in [6.45, 7) is 5.90. The van der Waals surface area contributed by atoms with Crippen molar-refractivity contribution in [2.75, 3.05) is 13.7 Å². The number of aliphatic imine (C=N–C) groups is 1. The molecule has 22 heavy (non-hydrogen) atoms. The van der Waals surface area contributed by atoms with Crippen LogP contribution in [0, 0.1) is 12.3 Å². The van der Waals surface area contributed by atoms with Gasteiger partial charge in [-0.25, -0.2) is 0 Å². The summed E-state index contributed by atoms with van der Waals surface area (Å²) in [6, 6.07) is 4.86. The van der Waals surface area contributed by atoms with Crippen LogP contribution in [0.2, 0.25) is 0 Å². The monoisotopic (exact) mass is 321 g/mol. The van der Waals surface area contributed by atoms with E-state index < -0.39 is 0 Å². The normalized spacial score (nSPS) is 26.4. The predicted octanol–water partition coefficient (Wildman–Crippen LogP) is 3.07. The van der Waals surface area contributed by atoms with Crippen molar-refractivity contribution >= 4 is 17.3 Å². The minimum atomic E-state index is 0.368. The Balaban J connectivity index is 1.53. The fourth-order valence-corrected chi connectivity index (χ4v) is 4.58. The summed E-state index contributed by atoms with van der Waals surface area (Å²) in [5.41, 5.74) is 0.368. The topological polar surface area (TPSA) is 45.6 Å². The first kappa shape index (κ1) is 15.8. The van der Waals surface area contributed by atoms with Gasteiger partial charge in [0.05, 0.1) is 12.6 Å². The number of rotatable bonds is 5. The molecule has 2 fully saturated rings. The van der Waals surface area contributed by atoms with Crippen molar-refractivity contribution in [1.29, 1.82) is 0 Å². The Kier molecular flexibility index (Phi) is 4.73. The van der Waals surface area contributed by atoms with Gasteiger partial charge in [-0.15, -0.1) is 11.3 Å². The lowest BCUT2D eigenvalue weighted by Gasteiger charge is -2.61. The van der Waals surface area contributed by atoms with Crippen LogP contribution < -0.4 is 10.6 Å². The average molecular weight is 321 g/mol. The summed E-state index contributed by atoms with van der Waals surface area (Å²) in [6.07, 6.45) is 5.46. The van der Waals surface area contributed by atoms with Crippen LogP contribution in [-0.4, -0.2) is 31.8 Å². The number of aryl methyl sites for hydroxylation is 1. The predicted molar refractivity (Wildman–Crippen MR) is 92.5 cm³/mol. The van der Waals surface area contributed by atoms with Crippen molar-refractivity contribution in [1.82, 2.24) is 10.6 Å². The van der Waals surface area contributed by atoms with Gasteiger partial charge in [0, 0.05) is 34.9 Å². The molecule has 1 spiro atoms. The van der Waals surface area contributed by atoms with Crippen molar-refractivity contribution in [3.63, 3.8) is 0 Å². The van der Waals surface area contributed by atoms with Crippen molar-refractivity contribution in [2.24, 2.45) is 10.4 Å². The quantitative estimate of drug-likeness (QED) is 0.647. The lowest BCUT2D eigenvalue weighted by molar-refractivity contribution is -0.168. The van der Waals surface area contributed by atoms with Gasteiger partial charge < -0.3 is 15.4 Å². The fraction of sp³-hybridized carbons (Fsp3) is 0.706. The molecule has 2 N–H and O–H groups in total. The van der Waals surface area contributed by atoms with Crippen LogP contribution in [0.1, 0.15) is 42.4 Å². The van der Waals surface area contributed by atoms with Gasteiger partial charge in [0.2, 0.25) is 0 Å². The van der Waals surface area contributed by atoms with Gasteiger partial charge in [0.25, 0.3) is 0 Å². The molecular formula is C17H27N3OS. The zero-order valence-electron chi connectivity index (χ0n) is 13.8. The molecule has 2 aliphatic rings. The van der Waals surface area contributed by atoms with Crippen LogP contribution in [0.5, 0.6) is 0 Å². The van der Waals surface area contributed by atoms with Crippen LogP contribution in [0.15, 0.2) is 17.1 Å². The van der Waals surface area contributed by atoms with E-state index in [4.69, 9.17) is 4.74 Å². The highest BCUT2D eigenvalue weighted by Crippen LogP contribution is 2.57. The van der Waals surface area contributed by atoms with Gasteiger partial charge in [-0.1, -0.05) is 6.42 Å². The third-order valence-corrected chi connectivity index (χ3v) is 6.20. The third-order valence-electron chi connectivity index (χ3n) is 5.20. The van der Waals surface area contributed by atoms with Crippen LogP contribution in [-0.2, 0) is 11.3 Å². The number of hydrogen-bond acceptors (Lipinski definition) is 3. The van der Waals surface area contributed by atoms with E-state index in [-0.39, 0.29) is 0 Å².